The molecule has 1 nitrogen and oxygen atoms in total. The predicted octanol–water partition coefficient (Wildman–Crippen LogP) is 14.9. The van der Waals surface area contributed by atoms with Gasteiger partial charge in [0, 0.05) is 22.2 Å². The molecule has 0 N–H and O–H groups in total. The molecule has 1 aliphatic carbocycles. The summed E-state index contributed by atoms with van der Waals surface area (Å²) < 4.78 is 14.4. The van der Waals surface area contributed by atoms with Crippen LogP contribution in [-0.2, 0) is 5.41 Å². The summed E-state index contributed by atoms with van der Waals surface area (Å²) in [5, 5.41) is 4.61. The van der Waals surface area contributed by atoms with E-state index in [1.165, 1.54) is 50.2 Å². The van der Waals surface area contributed by atoms with Gasteiger partial charge in [0.05, 0.1) is 5.69 Å². The Hall–Kier alpha value is -6.77. The number of benzene rings is 9. The van der Waals surface area contributed by atoms with Gasteiger partial charge in [0.15, 0.2) is 0 Å². The maximum Gasteiger partial charge on any atom is 0.123 e. The summed E-state index contributed by atoms with van der Waals surface area (Å²) in [6.07, 6.45) is 0. The molecule has 0 saturated carbocycles. The van der Waals surface area contributed by atoms with Gasteiger partial charge in [0.1, 0.15) is 5.82 Å². The van der Waals surface area contributed by atoms with Gasteiger partial charge >= 0.3 is 0 Å². The van der Waals surface area contributed by atoms with Crippen molar-refractivity contribution in [1.29, 1.82) is 0 Å². The fraction of sp³-hybridized carbons (Fsp3) is 0.0566. The highest BCUT2D eigenvalue weighted by Crippen LogP contribution is 2.52. The van der Waals surface area contributed by atoms with Crippen molar-refractivity contribution in [2.45, 2.75) is 19.3 Å². The van der Waals surface area contributed by atoms with Crippen LogP contribution in [0.4, 0.5) is 21.5 Å². The van der Waals surface area contributed by atoms with Gasteiger partial charge in [-0.3, -0.25) is 0 Å². The molecule has 0 bridgehead atoms. The molecule has 9 aromatic rings. The Labute approximate surface area is 321 Å². The van der Waals surface area contributed by atoms with Gasteiger partial charge < -0.3 is 4.90 Å². The quantitative estimate of drug-likeness (QED) is 0.166. The first-order valence-corrected chi connectivity index (χ1v) is 19.0. The van der Waals surface area contributed by atoms with Gasteiger partial charge in [0.25, 0.3) is 0 Å². The Morgan fingerprint density at radius 2 is 1.00 bits per heavy atom. The Kier molecular flexibility index (Phi) is 7.74. The number of hydrogen-bond acceptors (Lipinski definition) is 1. The molecular formula is C53H38FN. The number of rotatable bonds is 6. The molecule has 0 amide bonds. The third kappa shape index (κ3) is 5.44. The molecule has 0 aromatic heterocycles. The van der Waals surface area contributed by atoms with Gasteiger partial charge in [0.2, 0.25) is 0 Å². The van der Waals surface area contributed by atoms with Gasteiger partial charge in [-0.2, -0.15) is 0 Å². The minimum Gasteiger partial charge on any atom is -0.310 e. The van der Waals surface area contributed by atoms with E-state index < -0.39 is 0 Å². The molecule has 0 fully saturated rings. The lowest BCUT2D eigenvalue weighted by Crippen LogP contribution is -2.16. The van der Waals surface area contributed by atoms with Crippen molar-refractivity contribution in [3.8, 4) is 44.5 Å². The average Bonchev–Trinajstić information content (AvgIpc) is 3.47. The molecule has 1 aliphatic rings. The van der Waals surface area contributed by atoms with E-state index in [4.69, 9.17) is 0 Å². The van der Waals surface area contributed by atoms with Crippen LogP contribution in [0.5, 0.6) is 0 Å². The fourth-order valence-corrected chi connectivity index (χ4v) is 9.00. The fourth-order valence-electron chi connectivity index (χ4n) is 9.00. The summed E-state index contributed by atoms with van der Waals surface area (Å²) in [5.41, 5.74) is 15.1. The smallest absolute Gasteiger partial charge is 0.123 e. The highest BCUT2D eigenvalue weighted by Gasteiger charge is 2.37. The minimum atomic E-state index is -0.237. The Bertz CT molecular complexity index is 2910. The number of fused-ring (bicyclic) bond motifs is 5. The predicted molar refractivity (Wildman–Crippen MR) is 230 cm³/mol. The molecule has 0 radical (unpaired) electrons. The van der Waals surface area contributed by atoms with E-state index in [-0.39, 0.29) is 11.2 Å². The molecule has 0 unspecified atom stereocenters. The summed E-state index contributed by atoms with van der Waals surface area (Å²) in [6.45, 7) is 4.71. The van der Waals surface area contributed by atoms with E-state index >= 15 is 0 Å². The second-order valence-corrected chi connectivity index (χ2v) is 15.0. The SMILES string of the molecule is CC1(C)c2ccccc2-c2cccc(-c3cccc(N(c4ccc(-c5cccc6cccc(-c7cccc(F)c7)c56)cc4)c4cccc5ccccc45)c3)c21. The largest absolute Gasteiger partial charge is 0.310 e. The van der Waals surface area contributed by atoms with E-state index in [9.17, 15) is 4.39 Å². The van der Waals surface area contributed by atoms with E-state index in [0.29, 0.717) is 0 Å². The first-order valence-electron chi connectivity index (χ1n) is 19.0. The molecule has 262 valence electrons. The number of anilines is 3. The van der Waals surface area contributed by atoms with E-state index in [1.807, 2.05) is 6.07 Å². The van der Waals surface area contributed by atoms with Crippen LogP contribution in [0.3, 0.4) is 0 Å². The van der Waals surface area contributed by atoms with Crippen LogP contribution < -0.4 is 4.90 Å². The first kappa shape index (κ1) is 32.8. The Morgan fingerprint density at radius 1 is 0.418 bits per heavy atom. The van der Waals surface area contributed by atoms with Crippen molar-refractivity contribution in [2.24, 2.45) is 0 Å². The summed E-state index contributed by atoms with van der Waals surface area (Å²) in [5.74, 6) is -0.237. The van der Waals surface area contributed by atoms with Crippen LogP contribution in [0.25, 0.3) is 66.1 Å². The monoisotopic (exact) mass is 707 g/mol. The minimum absolute atomic E-state index is 0.125. The van der Waals surface area contributed by atoms with E-state index in [2.05, 4.69) is 189 Å². The molecule has 55 heavy (non-hydrogen) atoms. The van der Waals surface area contributed by atoms with Gasteiger partial charge in [-0.25, -0.2) is 4.39 Å². The normalized spacial score (nSPS) is 12.8. The third-order valence-corrected chi connectivity index (χ3v) is 11.5. The maximum atomic E-state index is 14.4. The van der Waals surface area contributed by atoms with Crippen molar-refractivity contribution in [2.75, 3.05) is 4.90 Å². The van der Waals surface area contributed by atoms with Crippen molar-refractivity contribution in [1.82, 2.24) is 0 Å². The molecule has 2 heteroatoms. The Morgan fingerprint density at radius 3 is 1.82 bits per heavy atom. The highest BCUT2D eigenvalue weighted by molar-refractivity contribution is 6.07. The third-order valence-electron chi connectivity index (χ3n) is 11.5. The summed E-state index contributed by atoms with van der Waals surface area (Å²) >= 11 is 0. The van der Waals surface area contributed by atoms with Crippen molar-refractivity contribution < 1.29 is 4.39 Å². The molecule has 0 spiro atoms. The van der Waals surface area contributed by atoms with E-state index in [0.717, 1.165) is 50.1 Å². The van der Waals surface area contributed by atoms with Gasteiger partial charge in [-0.1, -0.05) is 166 Å². The maximum absolute atomic E-state index is 14.4. The number of halogens is 1. The molecule has 0 heterocycles. The van der Waals surface area contributed by atoms with Crippen LogP contribution in [0, 0.1) is 5.82 Å². The second-order valence-electron chi connectivity index (χ2n) is 15.0. The van der Waals surface area contributed by atoms with Crippen LogP contribution in [0.15, 0.2) is 194 Å². The zero-order valence-corrected chi connectivity index (χ0v) is 30.8. The van der Waals surface area contributed by atoms with Gasteiger partial charge in [-0.15, -0.1) is 0 Å². The summed E-state index contributed by atoms with van der Waals surface area (Å²) in [4.78, 5) is 2.39. The molecule has 0 atom stereocenters. The average molecular weight is 708 g/mol. The van der Waals surface area contributed by atoms with E-state index in [1.54, 1.807) is 12.1 Å². The number of nitrogens with zero attached hydrogens (tertiary/aromatic N) is 1. The molecule has 10 rings (SSSR count). The van der Waals surface area contributed by atoms with Crippen molar-refractivity contribution in [3.05, 3.63) is 211 Å². The Balaban J connectivity index is 1.12. The lowest BCUT2D eigenvalue weighted by Gasteiger charge is -2.28. The topological polar surface area (TPSA) is 3.24 Å². The zero-order chi connectivity index (χ0) is 37.1. The van der Waals surface area contributed by atoms with Crippen LogP contribution in [-0.4, -0.2) is 0 Å². The lowest BCUT2D eigenvalue weighted by atomic mass is 9.79. The zero-order valence-electron chi connectivity index (χ0n) is 30.8. The lowest BCUT2D eigenvalue weighted by molar-refractivity contribution is 0.628. The summed E-state index contributed by atoms with van der Waals surface area (Å²) in [6, 6.07) is 68.2. The molecule has 9 aromatic carbocycles. The van der Waals surface area contributed by atoms with Gasteiger partial charge in [-0.05, 0) is 114 Å². The molecule has 0 aliphatic heterocycles. The van der Waals surface area contributed by atoms with Crippen LogP contribution in [0.2, 0.25) is 0 Å². The first-order chi connectivity index (χ1) is 27.0. The van der Waals surface area contributed by atoms with Crippen LogP contribution >= 0.6 is 0 Å². The second kappa shape index (κ2) is 13.0. The molecular weight excluding hydrogens is 670 g/mol. The number of hydrogen-bond donors (Lipinski definition) is 0. The van der Waals surface area contributed by atoms with Crippen LogP contribution in [0.1, 0.15) is 25.0 Å². The van der Waals surface area contributed by atoms with Crippen molar-refractivity contribution in [3.63, 3.8) is 0 Å². The van der Waals surface area contributed by atoms with Crippen molar-refractivity contribution >= 4 is 38.6 Å². The molecule has 0 saturated heterocycles. The summed E-state index contributed by atoms with van der Waals surface area (Å²) in [7, 11) is 0. The standard InChI is InChI=1S/C53H38FN/c1-53(2)49-27-6-5-22-47(49)48-26-12-25-46(52(48)53)39-18-8-20-42(34-39)55(50-28-11-14-35-13-3-4-21-43(35)50)41-31-29-36(30-32-41)44-23-9-15-37-16-10-24-45(51(37)44)38-17-7-19-40(54)33-38/h3-34H,1-2H3. The highest BCUT2D eigenvalue weighted by atomic mass is 19.1.